The molecule has 1 aromatic rings. The van der Waals surface area contributed by atoms with E-state index in [0.29, 0.717) is 12.2 Å². The van der Waals surface area contributed by atoms with Gasteiger partial charge in [0, 0.05) is 18.3 Å². The summed E-state index contributed by atoms with van der Waals surface area (Å²) in [6.07, 6.45) is 0.863. The quantitative estimate of drug-likeness (QED) is 0.632. The molecule has 1 rings (SSSR count). The van der Waals surface area contributed by atoms with Gasteiger partial charge in [0.1, 0.15) is 0 Å². The lowest BCUT2D eigenvalue weighted by atomic mass is 10.1. The second-order valence-corrected chi connectivity index (χ2v) is 4.57. The molecule has 6 nitrogen and oxygen atoms in total. The van der Waals surface area contributed by atoms with Crippen LogP contribution in [0.4, 0.5) is 10.5 Å². The highest BCUT2D eigenvalue weighted by molar-refractivity contribution is 5.92. The number of benzene rings is 1. The van der Waals surface area contributed by atoms with Crippen molar-refractivity contribution in [3.8, 4) is 0 Å². The van der Waals surface area contributed by atoms with Gasteiger partial charge in [-0.1, -0.05) is 19.1 Å². The van der Waals surface area contributed by atoms with Crippen molar-refractivity contribution in [2.45, 2.75) is 26.3 Å². The SMILES string of the molecule is CCCNC(=O)CNC(=O)Nc1cccc(C(C)N)c1. The summed E-state index contributed by atoms with van der Waals surface area (Å²) in [5, 5.41) is 7.84. The maximum Gasteiger partial charge on any atom is 0.319 e. The smallest absolute Gasteiger partial charge is 0.319 e. The van der Waals surface area contributed by atoms with E-state index in [9.17, 15) is 9.59 Å². The van der Waals surface area contributed by atoms with Gasteiger partial charge in [-0.25, -0.2) is 4.79 Å². The average Bonchev–Trinajstić information content (AvgIpc) is 2.43. The Bertz CT molecular complexity index is 460. The number of carbonyl (C=O) groups is 2. The summed E-state index contributed by atoms with van der Waals surface area (Å²) >= 11 is 0. The number of amides is 3. The van der Waals surface area contributed by atoms with Gasteiger partial charge in [0.25, 0.3) is 0 Å². The van der Waals surface area contributed by atoms with Crippen LogP contribution in [-0.2, 0) is 4.79 Å². The molecule has 0 saturated heterocycles. The van der Waals surface area contributed by atoms with Gasteiger partial charge >= 0.3 is 6.03 Å². The molecule has 0 aliphatic heterocycles. The van der Waals surface area contributed by atoms with Gasteiger partial charge in [0.05, 0.1) is 6.54 Å². The largest absolute Gasteiger partial charge is 0.355 e. The summed E-state index contributed by atoms with van der Waals surface area (Å²) in [6.45, 7) is 4.40. The Labute approximate surface area is 119 Å². The molecule has 0 aliphatic carbocycles. The van der Waals surface area contributed by atoms with E-state index in [4.69, 9.17) is 5.73 Å². The Hall–Kier alpha value is -2.08. The second-order valence-electron chi connectivity index (χ2n) is 4.57. The molecule has 0 aliphatic rings. The van der Waals surface area contributed by atoms with E-state index in [-0.39, 0.29) is 18.5 Å². The molecular weight excluding hydrogens is 256 g/mol. The molecule has 0 radical (unpaired) electrons. The van der Waals surface area contributed by atoms with Crippen molar-refractivity contribution in [2.24, 2.45) is 5.73 Å². The molecular formula is C14H22N4O2. The van der Waals surface area contributed by atoms with Crippen molar-refractivity contribution in [1.29, 1.82) is 0 Å². The molecule has 3 amide bonds. The molecule has 6 heteroatoms. The number of anilines is 1. The van der Waals surface area contributed by atoms with E-state index < -0.39 is 6.03 Å². The zero-order chi connectivity index (χ0) is 15.0. The number of rotatable bonds is 6. The Kier molecular flexibility index (Phi) is 6.52. The van der Waals surface area contributed by atoms with Crippen molar-refractivity contribution in [1.82, 2.24) is 10.6 Å². The zero-order valence-electron chi connectivity index (χ0n) is 11.9. The molecule has 110 valence electrons. The third-order valence-corrected chi connectivity index (χ3v) is 2.65. The number of nitrogens with one attached hydrogen (secondary N) is 3. The zero-order valence-corrected chi connectivity index (χ0v) is 11.9. The first-order valence-electron chi connectivity index (χ1n) is 6.70. The van der Waals surface area contributed by atoms with Crippen molar-refractivity contribution in [3.63, 3.8) is 0 Å². The lowest BCUT2D eigenvalue weighted by molar-refractivity contribution is -0.120. The summed E-state index contributed by atoms with van der Waals surface area (Å²) in [5.74, 6) is -0.202. The minimum absolute atomic E-state index is 0.0428. The van der Waals surface area contributed by atoms with Crippen LogP contribution in [0.5, 0.6) is 0 Å². The molecule has 0 heterocycles. The van der Waals surface area contributed by atoms with E-state index in [1.54, 1.807) is 12.1 Å². The monoisotopic (exact) mass is 278 g/mol. The summed E-state index contributed by atoms with van der Waals surface area (Å²) in [7, 11) is 0. The van der Waals surface area contributed by atoms with E-state index in [2.05, 4.69) is 16.0 Å². The minimum Gasteiger partial charge on any atom is -0.355 e. The third kappa shape index (κ3) is 5.71. The summed E-state index contributed by atoms with van der Waals surface area (Å²) in [6, 6.07) is 6.77. The first kappa shape index (κ1) is 16.0. The first-order chi connectivity index (χ1) is 9.52. The number of carbonyl (C=O) groups excluding carboxylic acids is 2. The highest BCUT2D eigenvalue weighted by Crippen LogP contribution is 2.15. The lowest BCUT2D eigenvalue weighted by Crippen LogP contribution is -2.39. The van der Waals surface area contributed by atoms with Gasteiger partial charge in [-0.2, -0.15) is 0 Å². The summed E-state index contributed by atoms with van der Waals surface area (Å²) < 4.78 is 0. The van der Waals surface area contributed by atoms with Crippen molar-refractivity contribution < 1.29 is 9.59 Å². The van der Waals surface area contributed by atoms with E-state index in [0.717, 1.165) is 12.0 Å². The fraction of sp³-hybridized carbons (Fsp3) is 0.429. The molecule has 0 fully saturated rings. The van der Waals surface area contributed by atoms with Crippen LogP contribution in [0, 0.1) is 0 Å². The summed E-state index contributed by atoms with van der Waals surface area (Å²) in [4.78, 5) is 23.0. The highest BCUT2D eigenvalue weighted by atomic mass is 16.2. The van der Waals surface area contributed by atoms with E-state index in [1.807, 2.05) is 26.0 Å². The van der Waals surface area contributed by atoms with E-state index >= 15 is 0 Å². The number of nitrogens with two attached hydrogens (primary N) is 1. The predicted molar refractivity (Wildman–Crippen MR) is 79.4 cm³/mol. The average molecular weight is 278 g/mol. The number of hydrogen-bond acceptors (Lipinski definition) is 3. The van der Waals surface area contributed by atoms with Crippen LogP contribution in [0.25, 0.3) is 0 Å². The molecule has 0 spiro atoms. The highest BCUT2D eigenvalue weighted by Gasteiger charge is 2.06. The molecule has 5 N–H and O–H groups in total. The van der Waals surface area contributed by atoms with Crippen LogP contribution in [0.2, 0.25) is 0 Å². The van der Waals surface area contributed by atoms with Crippen LogP contribution >= 0.6 is 0 Å². The molecule has 1 unspecified atom stereocenters. The van der Waals surface area contributed by atoms with Crippen LogP contribution in [0.1, 0.15) is 31.9 Å². The summed E-state index contributed by atoms with van der Waals surface area (Å²) in [5.41, 5.74) is 7.36. The fourth-order valence-corrected chi connectivity index (χ4v) is 1.56. The first-order valence-corrected chi connectivity index (χ1v) is 6.70. The van der Waals surface area contributed by atoms with Crippen LogP contribution < -0.4 is 21.7 Å². The maximum absolute atomic E-state index is 11.6. The van der Waals surface area contributed by atoms with Gasteiger partial charge in [-0.3, -0.25) is 4.79 Å². The van der Waals surface area contributed by atoms with Crippen molar-refractivity contribution in [3.05, 3.63) is 29.8 Å². The van der Waals surface area contributed by atoms with Crippen LogP contribution in [0.15, 0.2) is 24.3 Å². The molecule has 20 heavy (non-hydrogen) atoms. The van der Waals surface area contributed by atoms with Crippen molar-refractivity contribution in [2.75, 3.05) is 18.4 Å². The Balaban J connectivity index is 2.42. The second kappa shape index (κ2) is 8.16. The van der Waals surface area contributed by atoms with Gasteiger partial charge in [-0.05, 0) is 31.0 Å². The standard InChI is InChI=1S/C14H22N4O2/c1-3-7-16-13(19)9-17-14(20)18-12-6-4-5-11(8-12)10(2)15/h4-6,8,10H,3,7,9,15H2,1-2H3,(H,16,19)(H2,17,18,20). The Morgan fingerprint density at radius 2 is 2.05 bits per heavy atom. The Morgan fingerprint density at radius 1 is 1.30 bits per heavy atom. The molecule has 1 atom stereocenters. The van der Waals surface area contributed by atoms with Crippen LogP contribution in [0.3, 0.4) is 0 Å². The molecule has 0 bridgehead atoms. The van der Waals surface area contributed by atoms with E-state index in [1.165, 1.54) is 0 Å². The topological polar surface area (TPSA) is 96.2 Å². The number of urea groups is 1. The molecule has 0 saturated carbocycles. The van der Waals surface area contributed by atoms with Gasteiger partial charge in [-0.15, -0.1) is 0 Å². The molecule has 1 aromatic carbocycles. The normalized spacial score (nSPS) is 11.6. The van der Waals surface area contributed by atoms with Gasteiger partial charge < -0.3 is 21.7 Å². The fourth-order valence-electron chi connectivity index (χ4n) is 1.56. The minimum atomic E-state index is -0.418. The molecule has 0 aromatic heterocycles. The maximum atomic E-state index is 11.6. The number of hydrogen-bond donors (Lipinski definition) is 4. The lowest BCUT2D eigenvalue weighted by Gasteiger charge is -2.10. The Morgan fingerprint density at radius 3 is 2.70 bits per heavy atom. The van der Waals surface area contributed by atoms with Crippen molar-refractivity contribution >= 4 is 17.6 Å². The van der Waals surface area contributed by atoms with Gasteiger partial charge in [0.2, 0.25) is 5.91 Å². The predicted octanol–water partition coefficient (Wildman–Crippen LogP) is 1.35. The van der Waals surface area contributed by atoms with Crippen LogP contribution in [-0.4, -0.2) is 25.0 Å². The third-order valence-electron chi connectivity index (χ3n) is 2.65. The van der Waals surface area contributed by atoms with Gasteiger partial charge in [0.15, 0.2) is 0 Å².